The number of rotatable bonds is 4. The lowest BCUT2D eigenvalue weighted by molar-refractivity contribution is -0.140. The van der Waals surface area contributed by atoms with Crippen molar-refractivity contribution in [2.45, 2.75) is 31.2 Å². The Balaban J connectivity index is 1.87. The largest absolute Gasteiger partial charge is 0.480 e. The summed E-state index contributed by atoms with van der Waals surface area (Å²) in [6, 6.07) is -0.254. The average molecular weight is 256 g/mol. The third-order valence-electron chi connectivity index (χ3n) is 3.71. The lowest BCUT2D eigenvalue weighted by atomic mass is 9.99. The molecule has 2 rings (SSSR count). The van der Waals surface area contributed by atoms with Crippen LogP contribution in [0.3, 0.4) is 0 Å². The minimum atomic E-state index is -0.995. The molecule has 1 aliphatic heterocycles. The van der Waals surface area contributed by atoms with Crippen LogP contribution in [-0.2, 0) is 9.53 Å². The molecule has 18 heavy (non-hydrogen) atoms. The van der Waals surface area contributed by atoms with E-state index >= 15 is 0 Å². The number of carboxylic acid groups (broad SMARTS) is 1. The standard InChI is InChI=1S/C12H20N2O4/c1-18-8-9-3-2-6-14(7-9)11(17)13-12(4-5-12)10(15)16/h9H,2-8H2,1H3,(H,13,17)(H,15,16). The van der Waals surface area contributed by atoms with Gasteiger partial charge in [0.15, 0.2) is 0 Å². The summed E-state index contributed by atoms with van der Waals surface area (Å²) in [6.07, 6.45) is 3.07. The number of carbonyl (C=O) groups is 2. The molecule has 0 aromatic carbocycles. The first-order valence-corrected chi connectivity index (χ1v) is 6.37. The molecule has 102 valence electrons. The van der Waals surface area contributed by atoms with Gasteiger partial charge in [-0.25, -0.2) is 9.59 Å². The Morgan fingerprint density at radius 2 is 2.22 bits per heavy atom. The zero-order chi connectivity index (χ0) is 13.2. The van der Waals surface area contributed by atoms with Crippen molar-refractivity contribution in [3.05, 3.63) is 0 Å². The number of hydrogen-bond acceptors (Lipinski definition) is 3. The van der Waals surface area contributed by atoms with Crippen LogP contribution < -0.4 is 5.32 Å². The number of piperidine rings is 1. The van der Waals surface area contributed by atoms with Gasteiger partial charge in [0, 0.05) is 26.1 Å². The number of nitrogens with zero attached hydrogens (tertiary/aromatic N) is 1. The lowest BCUT2D eigenvalue weighted by Crippen LogP contribution is -2.52. The lowest BCUT2D eigenvalue weighted by Gasteiger charge is -2.33. The van der Waals surface area contributed by atoms with E-state index in [0.29, 0.717) is 38.5 Å². The van der Waals surface area contributed by atoms with Gasteiger partial charge in [0.2, 0.25) is 0 Å². The van der Waals surface area contributed by atoms with Gasteiger partial charge in [0.25, 0.3) is 0 Å². The van der Waals surface area contributed by atoms with Crippen LogP contribution >= 0.6 is 0 Å². The Labute approximate surface area is 106 Å². The molecule has 2 N–H and O–H groups in total. The molecule has 0 spiro atoms. The van der Waals surface area contributed by atoms with Crippen LogP contribution in [0.1, 0.15) is 25.7 Å². The summed E-state index contributed by atoms with van der Waals surface area (Å²) in [5.74, 6) is -0.573. The fourth-order valence-electron chi connectivity index (χ4n) is 2.42. The van der Waals surface area contributed by atoms with Crippen LogP contribution in [-0.4, -0.2) is 54.4 Å². The van der Waals surface area contributed by atoms with E-state index in [2.05, 4.69) is 5.32 Å². The summed E-state index contributed by atoms with van der Waals surface area (Å²) >= 11 is 0. The van der Waals surface area contributed by atoms with Crippen molar-refractivity contribution >= 4 is 12.0 Å². The maximum atomic E-state index is 12.0. The molecule has 1 aliphatic carbocycles. The van der Waals surface area contributed by atoms with Gasteiger partial charge in [-0.3, -0.25) is 0 Å². The molecule has 2 fully saturated rings. The van der Waals surface area contributed by atoms with Crippen molar-refractivity contribution < 1.29 is 19.4 Å². The second-order valence-electron chi connectivity index (χ2n) is 5.23. The number of urea groups is 1. The van der Waals surface area contributed by atoms with Gasteiger partial charge in [-0.05, 0) is 25.7 Å². The number of nitrogens with one attached hydrogen (secondary N) is 1. The zero-order valence-corrected chi connectivity index (χ0v) is 10.6. The summed E-state index contributed by atoms with van der Waals surface area (Å²) in [4.78, 5) is 24.7. The average Bonchev–Trinajstić information content (AvgIpc) is 3.11. The van der Waals surface area contributed by atoms with Gasteiger partial charge in [-0.2, -0.15) is 0 Å². The molecule has 0 aromatic rings. The first kappa shape index (κ1) is 13.1. The first-order valence-electron chi connectivity index (χ1n) is 6.37. The van der Waals surface area contributed by atoms with Gasteiger partial charge in [0.1, 0.15) is 5.54 Å². The van der Waals surface area contributed by atoms with Crippen LogP contribution in [0.5, 0.6) is 0 Å². The highest BCUT2D eigenvalue weighted by Crippen LogP contribution is 2.35. The monoisotopic (exact) mass is 256 g/mol. The zero-order valence-electron chi connectivity index (χ0n) is 10.6. The fraction of sp³-hybridized carbons (Fsp3) is 0.833. The number of methoxy groups -OCH3 is 1. The second-order valence-corrected chi connectivity index (χ2v) is 5.23. The number of ether oxygens (including phenoxy) is 1. The number of amides is 2. The van der Waals surface area contributed by atoms with E-state index in [1.165, 1.54) is 0 Å². The summed E-state index contributed by atoms with van der Waals surface area (Å²) in [5.41, 5.74) is -0.995. The molecule has 6 heteroatoms. The van der Waals surface area contributed by atoms with Gasteiger partial charge in [-0.15, -0.1) is 0 Å². The highest BCUT2D eigenvalue weighted by Gasteiger charge is 2.52. The first-order chi connectivity index (χ1) is 8.57. The predicted octanol–water partition coefficient (Wildman–Crippen LogP) is 0.672. The van der Waals surface area contributed by atoms with E-state index in [1.807, 2.05) is 0 Å². The van der Waals surface area contributed by atoms with Gasteiger partial charge < -0.3 is 20.1 Å². The maximum absolute atomic E-state index is 12.0. The fourth-order valence-corrected chi connectivity index (χ4v) is 2.42. The molecule has 1 unspecified atom stereocenters. The SMILES string of the molecule is COCC1CCCN(C(=O)NC2(C(=O)O)CC2)C1. The third-order valence-corrected chi connectivity index (χ3v) is 3.71. The molecule has 0 bridgehead atoms. The molecule has 1 saturated carbocycles. The molecule has 0 aromatic heterocycles. The van der Waals surface area contributed by atoms with Crippen molar-refractivity contribution in [1.82, 2.24) is 10.2 Å². The van der Waals surface area contributed by atoms with E-state index in [1.54, 1.807) is 12.0 Å². The van der Waals surface area contributed by atoms with Crippen LogP contribution in [0.15, 0.2) is 0 Å². The van der Waals surface area contributed by atoms with E-state index in [9.17, 15) is 9.59 Å². The normalized spacial score (nSPS) is 25.6. The minimum absolute atomic E-state index is 0.254. The molecule has 2 aliphatic rings. The molecule has 1 saturated heterocycles. The minimum Gasteiger partial charge on any atom is -0.480 e. The molecule has 0 radical (unpaired) electrons. The molecule has 2 amide bonds. The topological polar surface area (TPSA) is 78.9 Å². The van der Waals surface area contributed by atoms with Crippen LogP contribution in [0, 0.1) is 5.92 Å². The Bertz CT molecular complexity index is 339. The van der Waals surface area contributed by atoms with Gasteiger partial charge in [-0.1, -0.05) is 0 Å². The van der Waals surface area contributed by atoms with Crippen molar-refractivity contribution in [1.29, 1.82) is 0 Å². The Hall–Kier alpha value is -1.30. The van der Waals surface area contributed by atoms with Crippen molar-refractivity contribution in [3.63, 3.8) is 0 Å². The van der Waals surface area contributed by atoms with Crippen LogP contribution in [0.2, 0.25) is 0 Å². The van der Waals surface area contributed by atoms with E-state index in [4.69, 9.17) is 9.84 Å². The molecular weight excluding hydrogens is 236 g/mol. The summed E-state index contributed by atoms with van der Waals surface area (Å²) in [6.45, 7) is 1.99. The molecule has 1 atom stereocenters. The van der Waals surface area contributed by atoms with E-state index < -0.39 is 11.5 Å². The maximum Gasteiger partial charge on any atom is 0.329 e. The summed E-state index contributed by atoms with van der Waals surface area (Å²) in [7, 11) is 1.66. The van der Waals surface area contributed by atoms with Crippen LogP contribution in [0.25, 0.3) is 0 Å². The summed E-state index contributed by atoms with van der Waals surface area (Å²) < 4.78 is 5.11. The van der Waals surface area contributed by atoms with Crippen molar-refractivity contribution in [2.24, 2.45) is 5.92 Å². The second kappa shape index (κ2) is 5.14. The highest BCUT2D eigenvalue weighted by molar-refractivity contribution is 5.88. The Morgan fingerprint density at radius 3 is 2.78 bits per heavy atom. The van der Waals surface area contributed by atoms with Crippen molar-refractivity contribution in [2.75, 3.05) is 26.8 Å². The summed E-state index contributed by atoms with van der Waals surface area (Å²) in [5, 5.41) is 11.7. The van der Waals surface area contributed by atoms with E-state index in [0.717, 1.165) is 12.8 Å². The third kappa shape index (κ3) is 2.75. The highest BCUT2D eigenvalue weighted by atomic mass is 16.5. The molecule has 6 nitrogen and oxygen atoms in total. The number of carbonyl (C=O) groups excluding carboxylic acids is 1. The number of hydrogen-bond donors (Lipinski definition) is 2. The predicted molar refractivity (Wildman–Crippen MR) is 64.3 cm³/mol. The van der Waals surface area contributed by atoms with Crippen LogP contribution in [0.4, 0.5) is 4.79 Å². The number of aliphatic carboxylic acids is 1. The van der Waals surface area contributed by atoms with Gasteiger partial charge >= 0.3 is 12.0 Å². The smallest absolute Gasteiger partial charge is 0.329 e. The van der Waals surface area contributed by atoms with E-state index in [-0.39, 0.29) is 6.03 Å². The molecular formula is C12H20N2O4. The van der Waals surface area contributed by atoms with Gasteiger partial charge in [0.05, 0.1) is 6.61 Å². The Morgan fingerprint density at radius 1 is 1.50 bits per heavy atom. The Kier molecular flexibility index (Phi) is 3.75. The quantitative estimate of drug-likeness (QED) is 0.775. The van der Waals surface area contributed by atoms with Crippen molar-refractivity contribution in [3.8, 4) is 0 Å². The molecule has 1 heterocycles. The number of carboxylic acids is 1. The number of likely N-dealkylation sites (tertiary alicyclic amines) is 1.